The highest BCUT2D eigenvalue weighted by Gasteiger charge is 2.32. The van der Waals surface area contributed by atoms with Crippen LogP contribution in [0.1, 0.15) is 38.3 Å². The summed E-state index contributed by atoms with van der Waals surface area (Å²) in [7, 11) is 1.61. The van der Waals surface area contributed by atoms with E-state index in [0.29, 0.717) is 31.7 Å². The molecule has 1 aliphatic rings. The Morgan fingerprint density at radius 3 is 2.33 bits per heavy atom. The van der Waals surface area contributed by atoms with Gasteiger partial charge < -0.3 is 26.0 Å². The second-order valence-corrected chi connectivity index (χ2v) is 13.4. The molecule has 0 bridgehead atoms. The number of thioether (sulfide) groups is 1. The minimum atomic E-state index is -0.866. The van der Waals surface area contributed by atoms with Crippen LogP contribution in [-0.4, -0.2) is 95.1 Å². The lowest BCUT2D eigenvalue weighted by Gasteiger charge is -2.29. The van der Waals surface area contributed by atoms with Gasteiger partial charge in [0.05, 0.1) is 25.5 Å². The van der Waals surface area contributed by atoms with Gasteiger partial charge >= 0.3 is 0 Å². The van der Waals surface area contributed by atoms with E-state index in [-0.39, 0.29) is 24.3 Å². The number of aromatic nitrogens is 2. The van der Waals surface area contributed by atoms with E-state index in [2.05, 4.69) is 31.5 Å². The van der Waals surface area contributed by atoms with Gasteiger partial charge in [-0.05, 0) is 67.5 Å². The maximum absolute atomic E-state index is 13.7. The number of aromatic amines is 1. The molecule has 2 aromatic carbocycles. The molecule has 4 rings (SSSR count). The normalized spacial score (nSPS) is 21.8. The van der Waals surface area contributed by atoms with Crippen molar-refractivity contribution in [2.45, 2.75) is 64.3 Å². The smallest absolute Gasteiger partial charge is 0.243 e. The fourth-order valence-electron chi connectivity index (χ4n) is 5.66. The molecule has 0 aliphatic carbocycles. The summed E-state index contributed by atoms with van der Waals surface area (Å²) in [6.07, 6.45) is 4.51. The third-order valence-corrected chi connectivity index (χ3v) is 8.91. The molecular weight excluding hydrogens is 630 g/mol. The van der Waals surface area contributed by atoms with Crippen LogP contribution in [0.2, 0.25) is 0 Å². The van der Waals surface area contributed by atoms with Gasteiger partial charge in [-0.25, -0.2) is 0 Å². The highest BCUT2D eigenvalue weighted by molar-refractivity contribution is 7.98. The number of nitrogens with one attached hydrogen (secondary N) is 5. The van der Waals surface area contributed by atoms with Crippen molar-refractivity contribution in [1.29, 1.82) is 0 Å². The summed E-state index contributed by atoms with van der Waals surface area (Å²) >= 11 is 1.55. The van der Waals surface area contributed by atoms with Crippen molar-refractivity contribution >= 4 is 35.4 Å². The van der Waals surface area contributed by atoms with Crippen molar-refractivity contribution in [1.82, 2.24) is 36.4 Å². The predicted molar refractivity (Wildman–Crippen MR) is 187 cm³/mol. The van der Waals surface area contributed by atoms with Crippen molar-refractivity contribution in [2.24, 2.45) is 5.92 Å². The Morgan fingerprint density at radius 2 is 1.67 bits per heavy atom. The van der Waals surface area contributed by atoms with Crippen LogP contribution in [0.3, 0.4) is 0 Å². The Kier molecular flexibility index (Phi) is 13.4. The molecule has 1 fully saturated rings. The van der Waals surface area contributed by atoms with Gasteiger partial charge in [-0.3, -0.25) is 29.2 Å². The molecule has 13 heteroatoms. The molecule has 0 saturated carbocycles. The van der Waals surface area contributed by atoms with E-state index in [1.165, 1.54) is 0 Å². The molecule has 3 aromatic rings. The Balaban J connectivity index is 1.69. The number of methoxy groups -OCH3 is 1. The van der Waals surface area contributed by atoms with Crippen molar-refractivity contribution < 1.29 is 23.9 Å². The van der Waals surface area contributed by atoms with Gasteiger partial charge in [0.25, 0.3) is 0 Å². The molecule has 4 amide bonds. The number of hydrogen-bond acceptors (Lipinski definition) is 8. The summed E-state index contributed by atoms with van der Waals surface area (Å²) in [5.74, 6) is -0.500. The highest BCUT2D eigenvalue weighted by Crippen LogP contribution is 2.25. The summed E-state index contributed by atoms with van der Waals surface area (Å²) in [6.45, 7) is 5.91. The summed E-state index contributed by atoms with van der Waals surface area (Å²) in [4.78, 5) is 56.1. The number of amides is 4. The van der Waals surface area contributed by atoms with Gasteiger partial charge in [-0.1, -0.05) is 44.2 Å². The summed E-state index contributed by atoms with van der Waals surface area (Å²) in [5.41, 5.74) is 3.56. The average molecular weight is 678 g/mol. The fraction of sp³-hybridized carbons (Fsp3) is 0.457. The van der Waals surface area contributed by atoms with E-state index in [1.807, 2.05) is 79.6 Å². The molecule has 0 spiro atoms. The molecule has 1 saturated heterocycles. The average Bonchev–Trinajstić information content (AvgIpc) is 3.53. The molecule has 2 heterocycles. The molecule has 0 unspecified atom stereocenters. The third kappa shape index (κ3) is 10.3. The van der Waals surface area contributed by atoms with Gasteiger partial charge in [-0.2, -0.15) is 16.9 Å². The maximum Gasteiger partial charge on any atom is 0.243 e. The number of ether oxygens (including phenoxy) is 1. The molecule has 1 aromatic heterocycles. The quantitative estimate of drug-likeness (QED) is 0.219. The van der Waals surface area contributed by atoms with Crippen LogP contribution >= 0.6 is 11.8 Å². The largest absolute Gasteiger partial charge is 0.497 e. The Labute approximate surface area is 286 Å². The van der Waals surface area contributed by atoms with Gasteiger partial charge in [0.15, 0.2) is 0 Å². The lowest BCUT2D eigenvalue weighted by molar-refractivity contribution is -0.134. The monoisotopic (exact) mass is 677 g/mol. The first kappa shape index (κ1) is 36.5. The van der Waals surface area contributed by atoms with E-state index in [1.54, 1.807) is 32.0 Å². The van der Waals surface area contributed by atoms with E-state index in [4.69, 9.17) is 4.74 Å². The van der Waals surface area contributed by atoms with Crippen molar-refractivity contribution in [3.63, 3.8) is 0 Å². The first-order chi connectivity index (χ1) is 23.1. The van der Waals surface area contributed by atoms with Crippen molar-refractivity contribution in [3.8, 4) is 17.0 Å². The summed E-state index contributed by atoms with van der Waals surface area (Å²) in [5, 5.41) is 19.1. The Hall–Kier alpha value is -4.36. The Morgan fingerprint density at radius 1 is 0.938 bits per heavy atom. The number of carbonyl (C=O) groups excluding carboxylic acids is 4. The van der Waals surface area contributed by atoms with Gasteiger partial charge in [0.1, 0.15) is 23.9 Å². The zero-order chi connectivity index (χ0) is 34.6. The topological polar surface area (TPSA) is 158 Å². The number of H-pyrrole nitrogens is 1. The van der Waals surface area contributed by atoms with Gasteiger partial charge in [-0.15, -0.1) is 0 Å². The van der Waals surface area contributed by atoms with Crippen LogP contribution in [0.4, 0.5) is 0 Å². The predicted octanol–water partition coefficient (Wildman–Crippen LogP) is 2.51. The summed E-state index contributed by atoms with van der Waals surface area (Å²) in [6, 6.07) is 14.4. The van der Waals surface area contributed by atoms with Crippen LogP contribution in [0.5, 0.6) is 5.75 Å². The van der Waals surface area contributed by atoms with E-state index in [9.17, 15) is 19.2 Å². The Bertz CT molecular complexity index is 1510. The number of hydrogen-bond donors (Lipinski definition) is 5. The lowest BCUT2D eigenvalue weighted by atomic mass is 10.0. The summed E-state index contributed by atoms with van der Waals surface area (Å²) < 4.78 is 5.31. The number of carbonyl (C=O) groups is 4. The molecule has 0 radical (unpaired) electrons. The molecular formula is C35H47N7O5S. The second-order valence-electron chi connectivity index (χ2n) is 12.4. The zero-order valence-electron chi connectivity index (χ0n) is 28.2. The first-order valence-electron chi connectivity index (χ1n) is 16.2. The van der Waals surface area contributed by atoms with Gasteiger partial charge in [0, 0.05) is 30.3 Å². The minimum absolute atomic E-state index is 0.0481. The second kappa shape index (κ2) is 17.7. The standard InChI is InChI=1S/C35H47N7O5S/c1-22(2)31-35(46)39-29(15-16-48-5)34(45)37-23(3)33(44)38-27(17-24-9-7-6-8-10-24)20-42(21-30(43)40-31)19-26-18-36-41-32(26)25-11-13-28(47-4)14-12-25/h6-14,18,22-23,27,29,31H,15-17,19-21H2,1-5H3,(H,36,41)(H,37,45)(H,38,44)(H,39,46)(H,40,43)/t23-,27+,29-,31-/m0/s1. The zero-order valence-corrected chi connectivity index (χ0v) is 29.1. The van der Waals surface area contributed by atoms with Crippen LogP contribution in [0.25, 0.3) is 11.3 Å². The van der Waals surface area contributed by atoms with Crippen molar-refractivity contribution in [3.05, 3.63) is 71.9 Å². The van der Waals surface area contributed by atoms with Crippen LogP contribution in [-0.2, 0) is 32.1 Å². The third-order valence-electron chi connectivity index (χ3n) is 8.27. The van der Waals surface area contributed by atoms with Crippen LogP contribution < -0.4 is 26.0 Å². The molecule has 12 nitrogen and oxygen atoms in total. The number of rotatable bonds is 10. The molecule has 258 valence electrons. The van der Waals surface area contributed by atoms with Crippen molar-refractivity contribution in [2.75, 3.05) is 32.2 Å². The van der Waals surface area contributed by atoms with Crippen LogP contribution in [0.15, 0.2) is 60.8 Å². The highest BCUT2D eigenvalue weighted by atomic mass is 32.2. The molecule has 48 heavy (non-hydrogen) atoms. The first-order valence-corrected chi connectivity index (χ1v) is 17.6. The number of nitrogens with zero attached hydrogens (tertiary/aromatic N) is 2. The molecule has 4 atom stereocenters. The lowest BCUT2D eigenvalue weighted by Crippen LogP contribution is -2.57. The SMILES string of the molecule is COc1ccc(-c2[nH]ncc2CN2CC(=O)N[C@@H](C(C)C)C(=O)N[C@@H](CCSC)C(=O)N[C@@H](C)C(=O)N[C@H](Cc3ccccc3)C2)cc1. The van der Waals surface area contributed by atoms with Gasteiger partial charge in [0.2, 0.25) is 23.6 Å². The van der Waals surface area contributed by atoms with E-state index in [0.717, 1.165) is 28.1 Å². The molecule has 5 N–H and O–H groups in total. The number of benzene rings is 2. The molecule has 1 aliphatic heterocycles. The minimum Gasteiger partial charge on any atom is -0.497 e. The van der Waals surface area contributed by atoms with Crippen LogP contribution in [0, 0.1) is 5.92 Å². The van der Waals surface area contributed by atoms with E-state index >= 15 is 0 Å². The van der Waals surface area contributed by atoms with E-state index < -0.39 is 36.0 Å². The fourth-order valence-corrected chi connectivity index (χ4v) is 6.14. The maximum atomic E-state index is 13.7.